The SMILES string of the molecule is CCCNC(C)C(CC)CC1Cc2cc(C)ccc2O1. The molecule has 0 amide bonds. The van der Waals surface area contributed by atoms with Gasteiger partial charge < -0.3 is 10.1 Å². The normalized spacial score (nSPS) is 20.3. The first-order valence-electron chi connectivity index (χ1n) is 8.13. The quantitative estimate of drug-likeness (QED) is 0.809. The molecule has 0 spiro atoms. The molecule has 2 heteroatoms. The molecule has 1 aromatic rings. The van der Waals surface area contributed by atoms with Crippen molar-refractivity contribution in [1.82, 2.24) is 5.32 Å². The zero-order valence-corrected chi connectivity index (χ0v) is 13.4. The second kappa shape index (κ2) is 7.12. The maximum atomic E-state index is 6.12. The predicted molar refractivity (Wildman–Crippen MR) is 85.5 cm³/mol. The number of rotatable bonds is 7. The summed E-state index contributed by atoms with van der Waals surface area (Å²) in [7, 11) is 0. The average molecular weight is 275 g/mol. The number of ether oxygens (including phenoxy) is 1. The first-order valence-corrected chi connectivity index (χ1v) is 8.13. The van der Waals surface area contributed by atoms with Gasteiger partial charge in [0.05, 0.1) is 0 Å². The van der Waals surface area contributed by atoms with Crippen molar-refractivity contribution in [3.8, 4) is 5.75 Å². The number of aryl methyl sites for hydroxylation is 1. The fourth-order valence-corrected chi connectivity index (χ4v) is 3.18. The van der Waals surface area contributed by atoms with Gasteiger partial charge in [0.25, 0.3) is 0 Å². The zero-order valence-electron chi connectivity index (χ0n) is 13.4. The van der Waals surface area contributed by atoms with Gasteiger partial charge >= 0.3 is 0 Å². The first kappa shape index (κ1) is 15.4. The summed E-state index contributed by atoms with van der Waals surface area (Å²) in [6.45, 7) is 10.1. The lowest BCUT2D eigenvalue weighted by atomic mass is 9.90. The summed E-state index contributed by atoms with van der Waals surface area (Å²) in [6, 6.07) is 7.12. The van der Waals surface area contributed by atoms with Crippen molar-refractivity contribution in [3.05, 3.63) is 29.3 Å². The molecule has 0 bridgehead atoms. The second-order valence-electron chi connectivity index (χ2n) is 6.20. The molecule has 2 nitrogen and oxygen atoms in total. The van der Waals surface area contributed by atoms with E-state index in [0.717, 1.165) is 25.1 Å². The Balaban J connectivity index is 1.91. The zero-order chi connectivity index (χ0) is 14.5. The molecule has 0 saturated heterocycles. The molecule has 0 fully saturated rings. The van der Waals surface area contributed by atoms with Gasteiger partial charge in [-0.3, -0.25) is 0 Å². The molecular weight excluding hydrogens is 246 g/mol. The molecule has 20 heavy (non-hydrogen) atoms. The summed E-state index contributed by atoms with van der Waals surface area (Å²) < 4.78 is 6.12. The van der Waals surface area contributed by atoms with Crippen LogP contribution in [0, 0.1) is 12.8 Å². The van der Waals surface area contributed by atoms with E-state index in [1.165, 1.54) is 24.0 Å². The number of fused-ring (bicyclic) bond motifs is 1. The highest BCUT2D eigenvalue weighted by Crippen LogP contribution is 2.33. The van der Waals surface area contributed by atoms with Gasteiger partial charge in [-0.15, -0.1) is 0 Å². The van der Waals surface area contributed by atoms with E-state index < -0.39 is 0 Å². The molecule has 1 N–H and O–H groups in total. The van der Waals surface area contributed by atoms with Crippen LogP contribution in [-0.4, -0.2) is 18.7 Å². The minimum absolute atomic E-state index is 0.364. The smallest absolute Gasteiger partial charge is 0.123 e. The molecule has 0 radical (unpaired) electrons. The van der Waals surface area contributed by atoms with Crippen LogP contribution in [0.15, 0.2) is 18.2 Å². The number of hydrogen-bond acceptors (Lipinski definition) is 2. The van der Waals surface area contributed by atoms with Crippen molar-refractivity contribution in [2.45, 2.75) is 65.5 Å². The van der Waals surface area contributed by atoms with Gasteiger partial charge in [-0.2, -0.15) is 0 Å². The Morgan fingerprint density at radius 1 is 1.35 bits per heavy atom. The van der Waals surface area contributed by atoms with Gasteiger partial charge in [0, 0.05) is 12.5 Å². The van der Waals surface area contributed by atoms with Crippen molar-refractivity contribution < 1.29 is 4.74 Å². The van der Waals surface area contributed by atoms with E-state index in [9.17, 15) is 0 Å². The lowest BCUT2D eigenvalue weighted by Gasteiger charge is -2.26. The molecule has 1 aliphatic heterocycles. The topological polar surface area (TPSA) is 21.3 Å². The molecule has 3 atom stereocenters. The molecule has 1 aliphatic rings. The monoisotopic (exact) mass is 275 g/mol. The van der Waals surface area contributed by atoms with Crippen LogP contribution in [0.4, 0.5) is 0 Å². The molecule has 1 aromatic carbocycles. The van der Waals surface area contributed by atoms with Gasteiger partial charge in [-0.05, 0) is 50.8 Å². The number of hydrogen-bond donors (Lipinski definition) is 1. The van der Waals surface area contributed by atoms with Gasteiger partial charge in [-0.25, -0.2) is 0 Å². The van der Waals surface area contributed by atoms with Crippen LogP contribution in [0.25, 0.3) is 0 Å². The van der Waals surface area contributed by atoms with Crippen molar-refractivity contribution >= 4 is 0 Å². The third-order valence-corrected chi connectivity index (χ3v) is 4.47. The van der Waals surface area contributed by atoms with Crippen molar-refractivity contribution in [2.75, 3.05) is 6.54 Å². The van der Waals surface area contributed by atoms with Gasteiger partial charge in [-0.1, -0.05) is 38.0 Å². The fraction of sp³-hybridized carbons (Fsp3) is 0.667. The highest BCUT2D eigenvalue weighted by molar-refractivity contribution is 5.40. The van der Waals surface area contributed by atoms with Crippen LogP contribution < -0.4 is 10.1 Å². The Kier molecular flexibility index (Phi) is 5.47. The third-order valence-electron chi connectivity index (χ3n) is 4.47. The Bertz CT molecular complexity index is 429. The summed E-state index contributed by atoms with van der Waals surface area (Å²) in [4.78, 5) is 0. The molecule has 3 unspecified atom stereocenters. The van der Waals surface area contributed by atoms with E-state index in [4.69, 9.17) is 4.74 Å². The number of nitrogens with one attached hydrogen (secondary N) is 1. The summed E-state index contributed by atoms with van der Waals surface area (Å²) in [6.07, 6.45) is 5.01. The lowest BCUT2D eigenvalue weighted by molar-refractivity contribution is 0.176. The van der Waals surface area contributed by atoms with Crippen LogP contribution in [0.3, 0.4) is 0 Å². The van der Waals surface area contributed by atoms with E-state index in [1.54, 1.807) is 0 Å². The predicted octanol–water partition coefficient (Wildman–Crippen LogP) is 4.10. The van der Waals surface area contributed by atoms with Crippen molar-refractivity contribution in [1.29, 1.82) is 0 Å². The molecule has 2 rings (SSSR count). The Hall–Kier alpha value is -1.02. The standard InChI is InChI=1S/C18H29NO/c1-5-9-19-14(4)15(6-2)11-17-12-16-10-13(3)7-8-18(16)20-17/h7-8,10,14-15,17,19H,5-6,9,11-12H2,1-4H3. The Morgan fingerprint density at radius 3 is 2.85 bits per heavy atom. The third kappa shape index (κ3) is 3.76. The minimum Gasteiger partial charge on any atom is -0.490 e. The van der Waals surface area contributed by atoms with Crippen LogP contribution >= 0.6 is 0 Å². The summed E-state index contributed by atoms with van der Waals surface area (Å²) in [5, 5.41) is 3.63. The maximum absolute atomic E-state index is 6.12. The van der Waals surface area contributed by atoms with Crippen LogP contribution in [-0.2, 0) is 6.42 Å². The number of benzene rings is 1. The highest BCUT2D eigenvalue weighted by atomic mass is 16.5. The van der Waals surface area contributed by atoms with E-state index in [0.29, 0.717) is 18.1 Å². The lowest BCUT2D eigenvalue weighted by Crippen LogP contribution is -2.36. The van der Waals surface area contributed by atoms with Gasteiger partial charge in [0.1, 0.15) is 11.9 Å². The molecule has 0 aromatic heterocycles. The van der Waals surface area contributed by atoms with Gasteiger partial charge in [0.2, 0.25) is 0 Å². The molecule has 112 valence electrons. The second-order valence-corrected chi connectivity index (χ2v) is 6.20. The van der Waals surface area contributed by atoms with Crippen molar-refractivity contribution in [3.63, 3.8) is 0 Å². The fourth-order valence-electron chi connectivity index (χ4n) is 3.18. The molecular formula is C18H29NO. The van der Waals surface area contributed by atoms with Crippen LogP contribution in [0.2, 0.25) is 0 Å². The summed E-state index contributed by atoms with van der Waals surface area (Å²) >= 11 is 0. The summed E-state index contributed by atoms with van der Waals surface area (Å²) in [5.74, 6) is 1.80. The highest BCUT2D eigenvalue weighted by Gasteiger charge is 2.27. The van der Waals surface area contributed by atoms with Gasteiger partial charge in [0.15, 0.2) is 0 Å². The molecule has 1 heterocycles. The molecule has 0 saturated carbocycles. The largest absolute Gasteiger partial charge is 0.490 e. The van der Waals surface area contributed by atoms with E-state index >= 15 is 0 Å². The average Bonchev–Trinajstić information content (AvgIpc) is 2.83. The van der Waals surface area contributed by atoms with Crippen LogP contribution in [0.5, 0.6) is 5.75 Å². The maximum Gasteiger partial charge on any atom is 0.123 e. The summed E-state index contributed by atoms with van der Waals surface area (Å²) in [5.41, 5.74) is 2.72. The van der Waals surface area contributed by atoms with Crippen LogP contribution in [0.1, 0.15) is 51.2 Å². The van der Waals surface area contributed by atoms with E-state index in [2.05, 4.69) is 51.2 Å². The first-order chi connectivity index (χ1) is 9.63. The minimum atomic E-state index is 0.364. The van der Waals surface area contributed by atoms with Crippen molar-refractivity contribution in [2.24, 2.45) is 5.92 Å². The van der Waals surface area contributed by atoms with E-state index in [-0.39, 0.29) is 0 Å². The Labute approximate surface area is 123 Å². The molecule has 0 aliphatic carbocycles. The van der Waals surface area contributed by atoms with E-state index in [1.807, 2.05) is 0 Å². The Morgan fingerprint density at radius 2 is 2.15 bits per heavy atom.